The molecule has 0 spiro atoms. The molecule has 0 aliphatic heterocycles. The van der Waals surface area contributed by atoms with Crippen molar-refractivity contribution >= 4 is 0 Å². The Balaban J connectivity index is 2.14. The standard InChI is InChI=1S/C14H22O/c1-3-4-6-9-13(2)12-15-14-10-7-5-8-11-14/h5,7-8,10-11,13H,3-4,6,9,12H2,1-2H3. The molecule has 0 N–H and O–H groups in total. The van der Waals surface area contributed by atoms with E-state index in [0.29, 0.717) is 5.92 Å². The van der Waals surface area contributed by atoms with Crippen LogP contribution >= 0.6 is 0 Å². The highest BCUT2D eigenvalue weighted by atomic mass is 16.5. The van der Waals surface area contributed by atoms with Crippen LogP contribution in [0, 0.1) is 5.92 Å². The molecule has 1 aromatic rings. The lowest BCUT2D eigenvalue weighted by Gasteiger charge is -2.12. The molecule has 0 aliphatic carbocycles. The van der Waals surface area contributed by atoms with Crippen molar-refractivity contribution in [2.75, 3.05) is 6.61 Å². The molecule has 0 aliphatic rings. The third kappa shape index (κ3) is 5.46. The van der Waals surface area contributed by atoms with Crippen molar-refractivity contribution in [3.63, 3.8) is 0 Å². The normalized spacial score (nSPS) is 12.4. The predicted octanol–water partition coefficient (Wildman–Crippen LogP) is 4.28. The van der Waals surface area contributed by atoms with Crippen molar-refractivity contribution in [3.05, 3.63) is 30.3 Å². The summed E-state index contributed by atoms with van der Waals surface area (Å²) in [5.74, 6) is 1.65. The number of hydrogen-bond acceptors (Lipinski definition) is 1. The maximum atomic E-state index is 5.70. The van der Waals surface area contributed by atoms with E-state index in [2.05, 4.69) is 13.8 Å². The molecule has 1 unspecified atom stereocenters. The van der Waals surface area contributed by atoms with Crippen LogP contribution in [0.2, 0.25) is 0 Å². The van der Waals surface area contributed by atoms with Crippen molar-refractivity contribution in [2.45, 2.75) is 39.5 Å². The van der Waals surface area contributed by atoms with Gasteiger partial charge in [0, 0.05) is 0 Å². The van der Waals surface area contributed by atoms with Crippen molar-refractivity contribution in [2.24, 2.45) is 5.92 Å². The molecule has 1 atom stereocenters. The van der Waals surface area contributed by atoms with Crippen LogP contribution in [0.25, 0.3) is 0 Å². The Morgan fingerprint density at radius 1 is 1.13 bits per heavy atom. The van der Waals surface area contributed by atoms with Gasteiger partial charge in [0.25, 0.3) is 0 Å². The molecule has 0 amide bonds. The minimum atomic E-state index is 0.664. The summed E-state index contributed by atoms with van der Waals surface area (Å²) in [6.07, 6.45) is 5.25. The van der Waals surface area contributed by atoms with Crippen LogP contribution in [0.1, 0.15) is 39.5 Å². The second kappa shape index (κ2) is 7.33. The third-order valence-electron chi connectivity index (χ3n) is 2.58. The Morgan fingerprint density at radius 3 is 2.53 bits per heavy atom. The Hall–Kier alpha value is -0.980. The van der Waals surface area contributed by atoms with Crippen LogP contribution in [0.3, 0.4) is 0 Å². The van der Waals surface area contributed by atoms with Crippen LogP contribution in [0.15, 0.2) is 30.3 Å². The second-order valence-corrected chi connectivity index (χ2v) is 4.23. The van der Waals surface area contributed by atoms with Crippen molar-refractivity contribution in [1.82, 2.24) is 0 Å². The largest absolute Gasteiger partial charge is 0.493 e. The molecular weight excluding hydrogens is 184 g/mol. The van der Waals surface area contributed by atoms with E-state index in [0.717, 1.165) is 12.4 Å². The Kier molecular flexibility index (Phi) is 5.91. The number of para-hydroxylation sites is 1. The summed E-state index contributed by atoms with van der Waals surface area (Å²) < 4.78 is 5.70. The molecule has 0 saturated carbocycles. The van der Waals surface area contributed by atoms with Gasteiger partial charge in [-0.05, 0) is 24.5 Å². The van der Waals surface area contributed by atoms with Crippen LogP contribution in [0.4, 0.5) is 0 Å². The van der Waals surface area contributed by atoms with Gasteiger partial charge >= 0.3 is 0 Å². The topological polar surface area (TPSA) is 9.23 Å². The first-order chi connectivity index (χ1) is 7.33. The van der Waals surface area contributed by atoms with Crippen LogP contribution < -0.4 is 4.74 Å². The summed E-state index contributed by atoms with van der Waals surface area (Å²) in [5.41, 5.74) is 0. The highest BCUT2D eigenvalue weighted by molar-refractivity contribution is 5.20. The molecule has 1 rings (SSSR count). The number of unbranched alkanes of at least 4 members (excludes halogenated alkanes) is 2. The van der Waals surface area contributed by atoms with E-state index >= 15 is 0 Å². The smallest absolute Gasteiger partial charge is 0.119 e. The zero-order valence-electron chi connectivity index (χ0n) is 9.91. The molecule has 0 heterocycles. The van der Waals surface area contributed by atoms with Gasteiger partial charge in [-0.25, -0.2) is 0 Å². The van der Waals surface area contributed by atoms with Crippen LogP contribution in [0.5, 0.6) is 5.75 Å². The zero-order valence-corrected chi connectivity index (χ0v) is 9.91. The maximum Gasteiger partial charge on any atom is 0.119 e. The van der Waals surface area contributed by atoms with Gasteiger partial charge in [-0.2, -0.15) is 0 Å². The molecule has 84 valence electrons. The summed E-state index contributed by atoms with van der Waals surface area (Å²) in [5, 5.41) is 0. The molecule has 15 heavy (non-hydrogen) atoms. The van der Waals surface area contributed by atoms with E-state index < -0.39 is 0 Å². The lowest BCUT2D eigenvalue weighted by atomic mass is 10.0. The SMILES string of the molecule is CCCCCC(C)COc1ccccc1. The van der Waals surface area contributed by atoms with Crippen molar-refractivity contribution < 1.29 is 4.74 Å². The average Bonchev–Trinajstić information content (AvgIpc) is 2.28. The molecule has 0 radical (unpaired) electrons. The summed E-state index contributed by atoms with van der Waals surface area (Å²) in [6, 6.07) is 10.1. The number of rotatable bonds is 7. The van der Waals surface area contributed by atoms with E-state index in [4.69, 9.17) is 4.74 Å². The fourth-order valence-corrected chi connectivity index (χ4v) is 1.58. The monoisotopic (exact) mass is 206 g/mol. The highest BCUT2D eigenvalue weighted by Crippen LogP contribution is 2.13. The van der Waals surface area contributed by atoms with Gasteiger partial charge < -0.3 is 4.74 Å². The van der Waals surface area contributed by atoms with E-state index in [-0.39, 0.29) is 0 Å². The molecule has 0 fully saturated rings. The van der Waals surface area contributed by atoms with E-state index in [1.807, 2.05) is 30.3 Å². The molecular formula is C14H22O. The first kappa shape index (κ1) is 12.1. The van der Waals surface area contributed by atoms with Crippen molar-refractivity contribution in [1.29, 1.82) is 0 Å². The minimum Gasteiger partial charge on any atom is -0.493 e. The molecule has 0 bridgehead atoms. The van der Waals surface area contributed by atoms with Crippen LogP contribution in [-0.2, 0) is 0 Å². The van der Waals surface area contributed by atoms with Gasteiger partial charge in [0.2, 0.25) is 0 Å². The quantitative estimate of drug-likeness (QED) is 0.605. The molecule has 1 aromatic carbocycles. The predicted molar refractivity (Wildman–Crippen MR) is 65.2 cm³/mol. The first-order valence-corrected chi connectivity index (χ1v) is 6.00. The van der Waals surface area contributed by atoms with Gasteiger partial charge in [0.1, 0.15) is 5.75 Å². The molecule has 1 heteroatoms. The summed E-state index contributed by atoms with van der Waals surface area (Å²) in [7, 11) is 0. The average molecular weight is 206 g/mol. The Bertz CT molecular complexity index is 243. The number of ether oxygens (including phenoxy) is 1. The minimum absolute atomic E-state index is 0.664. The first-order valence-electron chi connectivity index (χ1n) is 6.00. The summed E-state index contributed by atoms with van der Waals surface area (Å²) in [4.78, 5) is 0. The van der Waals surface area contributed by atoms with Gasteiger partial charge in [0.15, 0.2) is 0 Å². The van der Waals surface area contributed by atoms with E-state index in [1.54, 1.807) is 0 Å². The molecule has 1 nitrogen and oxygen atoms in total. The van der Waals surface area contributed by atoms with Gasteiger partial charge in [-0.3, -0.25) is 0 Å². The van der Waals surface area contributed by atoms with Gasteiger partial charge in [-0.15, -0.1) is 0 Å². The third-order valence-corrected chi connectivity index (χ3v) is 2.58. The van der Waals surface area contributed by atoms with Gasteiger partial charge in [-0.1, -0.05) is 51.3 Å². The van der Waals surface area contributed by atoms with E-state index in [1.165, 1.54) is 25.7 Å². The lowest BCUT2D eigenvalue weighted by Crippen LogP contribution is -2.08. The number of hydrogen-bond donors (Lipinski definition) is 0. The lowest BCUT2D eigenvalue weighted by molar-refractivity contribution is 0.249. The fraction of sp³-hybridized carbons (Fsp3) is 0.571. The zero-order chi connectivity index (χ0) is 10.9. The summed E-state index contributed by atoms with van der Waals surface area (Å²) in [6.45, 7) is 5.34. The maximum absolute atomic E-state index is 5.70. The fourth-order valence-electron chi connectivity index (χ4n) is 1.58. The summed E-state index contributed by atoms with van der Waals surface area (Å²) >= 11 is 0. The number of benzene rings is 1. The molecule has 0 aromatic heterocycles. The van der Waals surface area contributed by atoms with Crippen molar-refractivity contribution in [3.8, 4) is 5.75 Å². The second-order valence-electron chi connectivity index (χ2n) is 4.23. The Labute approximate surface area is 93.5 Å². The van der Waals surface area contributed by atoms with E-state index in [9.17, 15) is 0 Å². The molecule has 0 saturated heterocycles. The Morgan fingerprint density at radius 2 is 1.87 bits per heavy atom. The van der Waals surface area contributed by atoms with Crippen LogP contribution in [-0.4, -0.2) is 6.61 Å². The highest BCUT2D eigenvalue weighted by Gasteiger charge is 2.02. The van der Waals surface area contributed by atoms with Gasteiger partial charge in [0.05, 0.1) is 6.61 Å².